The van der Waals surface area contributed by atoms with E-state index in [-0.39, 0.29) is 17.0 Å². The standard InChI is InChI=1S/C25H29N3O2/c1-2-3-4-5-6-7-8-9-16-30-24-14-11-20(12-15-24)25(29)28-23-13-10-21(18-26)22(17-23)19-27/h10-15,17H,2-9,16H2,1H3,(H,28,29). The predicted octanol–water partition coefficient (Wildman–Crippen LogP) is 6.20. The molecule has 0 aliphatic heterocycles. The first kappa shape index (κ1) is 23.0. The number of benzene rings is 2. The number of rotatable bonds is 12. The van der Waals surface area contributed by atoms with Gasteiger partial charge >= 0.3 is 0 Å². The summed E-state index contributed by atoms with van der Waals surface area (Å²) < 4.78 is 5.76. The Hall–Kier alpha value is -3.31. The van der Waals surface area contributed by atoms with E-state index < -0.39 is 0 Å². The third-order valence-electron chi connectivity index (χ3n) is 4.90. The van der Waals surface area contributed by atoms with Crippen LogP contribution in [0.2, 0.25) is 0 Å². The molecule has 0 heterocycles. The van der Waals surface area contributed by atoms with Crippen molar-refractivity contribution in [2.75, 3.05) is 11.9 Å². The van der Waals surface area contributed by atoms with Gasteiger partial charge in [-0.25, -0.2) is 0 Å². The summed E-state index contributed by atoms with van der Waals surface area (Å²) in [6.45, 7) is 2.92. The Bertz CT molecular complexity index is 892. The number of ether oxygens (including phenoxy) is 1. The maximum atomic E-state index is 12.4. The second-order valence-electron chi connectivity index (χ2n) is 7.29. The number of carbonyl (C=O) groups excluding carboxylic acids is 1. The van der Waals surface area contributed by atoms with E-state index in [1.54, 1.807) is 30.3 Å². The summed E-state index contributed by atoms with van der Waals surface area (Å²) in [7, 11) is 0. The number of hydrogen-bond acceptors (Lipinski definition) is 4. The van der Waals surface area contributed by atoms with Crippen molar-refractivity contribution in [1.82, 2.24) is 0 Å². The fraction of sp³-hybridized carbons (Fsp3) is 0.400. The molecule has 0 aliphatic rings. The van der Waals surface area contributed by atoms with Gasteiger partial charge in [-0.05, 0) is 48.9 Å². The van der Waals surface area contributed by atoms with Crippen molar-refractivity contribution in [3.05, 3.63) is 59.2 Å². The Labute approximate surface area is 179 Å². The molecule has 5 nitrogen and oxygen atoms in total. The number of amides is 1. The lowest BCUT2D eigenvalue weighted by molar-refractivity contribution is 0.102. The zero-order valence-electron chi connectivity index (χ0n) is 17.6. The van der Waals surface area contributed by atoms with E-state index in [1.165, 1.54) is 57.1 Å². The monoisotopic (exact) mass is 403 g/mol. The van der Waals surface area contributed by atoms with Crippen molar-refractivity contribution in [3.63, 3.8) is 0 Å². The van der Waals surface area contributed by atoms with Gasteiger partial charge in [-0.3, -0.25) is 4.79 Å². The zero-order valence-corrected chi connectivity index (χ0v) is 17.6. The predicted molar refractivity (Wildman–Crippen MR) is 118 cm³/mol. The molecule has 0 spiro atoms. The van der Waals surface area contributed by atoms with Crippen LogP contribution in [0.4, 0.5) is 5.69 Å². The van der Waals surface area contributed by atoms with Crippen LogP contribution in [0.3, 0.4) is 0 Å². The van der Waals surface area contributed by atoms with E-state index in [9.17, 15) is 4.79 Å². The van der Waals surface area contributed by atoms with E-state index in [0.29, 0.717) is 17.9 Å². The van der Waals surface area contributed by atoms with Gasteiger partial charge in [-0.1, -0.05) is 51.9 Å². The highest BCUT2D eigenvalue weighted by atomic mass is 16.5. The molecule has 30 heavy (non-hydrogen) atoms. The highest BCUT2D eigenvalue weighted by Crippen LogP contribution is 2.18. The molecule has 0 radical (unpaired) electrons. The maximum absolute atomic E-state index is 12.4. The summed E-state index contributed by atoms with van der Waals surface area (Å²) in [5, 5.41) is 20.8. The summed E-state index contributed by atoms with van der Waals surface area (Å²) in [4.78, 5) is 12.4. The first-order chi connectivity index (χ1) is 14.7. The maximum Gasteiger partial charge on any atom is 0.255 e. The first-order valence-electron chi connectivity index (χ1n) is 10.7. The molecule has 2 rings (SSSR count). The van der Waals surface area contributed by atoms with Gasteiger partial charge < -0.3 is 10.1 Å². The smallest absolute Gasteiger partial charge is 0.255 e. The van der Waals surface area contributed by atoms with Gasteiger partial charge in [0, 0.05) is 11.3 Å². The van der Waals surface area contributed by atoms with Gasteiger partial charge in [0.2, 0.25) is 0 Å². The van der Waals surface area contributed by atoms with Crippen molar-refractivity contribution >= 4 is 11.6 Å². The molecule has 1 amide bonds. The van der Waals surface area contributed by atoms with E-state index in [2.05, 4.69) is 12.2 Å². The van der Waals surface area contributed by atoms with Crippen molar-refractivity contribution in [3.8, 4) is 17.9 Å². The lowest BCUT2D eigenvalue weighted by atomic mass is 10.1. The Kier molecular flexibility index (Phi) is 9.97. The molecule has 0 fully saturated rings. The lowest BCUT2D eigenvalue weighted by Crippen LogP contribution is -2.12. The molecule has 2 aromatic carbocycles. The van der Waals surface area contributed by atoms with Crippen molar-refractivity contribution in [2.45, 2.75) is 58.3 Å². The topological polar surface area (TPSA) is 85.9 Å². The molecular formula is C25H29N3O2. The summed E-state index contributed by atoms with van der Waals surface area (Å²) in [5.41, 5.74) is 1.50. The third-order valence-corrected chi connectivity index (χ3v) is 4.90. The second kappa shape index (κ2) is 13.0. The number of unbranched alkanes of at least 4 members (excludes halogenated alkanes) is 7. The highest BCUT2D eigenvalue weighted by Gasteiger charge is 2.09. The molecule has 0 aromatic heterocycles. The van der Waals surface area contributed by atoms with Crippen LogP contribution < -0.4 is 10.1 Å². The fourth-order valence-electron chi connectivity index (χ4n) is 3.14. The third kappa shape index (κ3) is 7.60. The number of hydrogen-bond donors (Lipinski definition) is 1. The van der Waals surface area contributed by atoms with Gasteiger partial charge in [0.25, 0.3) is 5.91 Å². The van der Waals surface area contributed by atoms with Crippen molar-refractivity contribution < 1.29 is 9.53 Å². The SMILES string of the molecule is CCCCCCCCCCOc1ccc(C(=O)Nc2ccc(C#N)c(C#N)c2)cc1. The molecule has 0 atom stereocenters. The zero-order chi connectivity index (χ0) is 21.6. The Balaban J connectivity index is 1.74. The van der Waals surface area contributed by atoms with Crippen LogP contribution in [-0.4, -0.2) is 12.5 Å². The minimum absolute atomic E-state index is 0.236. The molecule has 0 aliphatic carbocycles. The average Bonchev–Trinajstić information content (AvgIpc) is 2.78. The second-order valence-corrected chi connectivity index (χ2v) is 7.29. The van der Waals surface area contributed by atoms with Crippen LogP contribution in [0.15, 0.2) is 42.5 Å². The normalized spacial score (nSPS) is 10.1. The summed E-state index contributed by atoms with van der Waals surface area (Å²) in [6.07, 6.45) is 10.1. The Morgan fingerprint density at radius 3 is 2.13 bits per heavy atom. The molecule has 0 unspecified atom stereocenters. The number of nitrogens with zero attached hydrogens (tertiary/aromatic N) is 2. The molecule has 2 aromatic rings. The fourth-order valence-corrected chi connectivity index (χ4v) is 3.14. The Morgan fingerprint density at radius 1 is 0.867 bits per heavy atom. The van der Waals surface area contributed by atoms with E-state index in [1.807, 2.05) is 12.1 Å². The highest BCUT2D eigenvalue weighted by molar-refractivity contribution is 6.04. The van der Waals surface area contributed by atoms with Crippen LogP contribution in [-0.2, 0) is 0 Å². The number of anilines is 1. The Morgan fingerprint density at radius 2 is 1.50 bits per heavy atom. The molecule has 5 heteroatoms. The largest absolute Gasteiger partial charge is 0.494 e. The van der Waals surface area contributed by atoms with Crippen molar-refractivity contribution in [1.29, 1.82) is 10.5 Å². The van der Waals surface area contributed by atoms with E-state index in [0.717, 1.165) is 12.2 Å². The molecule has 0 saturated heterocycles. The molecular weight excluding hydrogens is 374 g/mol. The van der Waals surface area contributed by atoms with Gasteiger partial charge in [0.15, 0.2) is 0 Å². The van der Waals surface area contributed by atoms with Gasteiger partial charge in [0.05, 0.1) is 17.7 Å². The van der Waals surface area contributed by atoms with Crippen LogP contribution in [0.5, 0.6) is 5.75 Å². The summed E-state index contributed by atoms with van der Waals surface area (Å²) >= 11 is 0. The molecule has 0 saturated carbocycles. The number of nitrogens with one attached hydrogen (secondary N) is 1. The lowest BCUT2D eigenvalue weighted by Gasteiger charge is -2.09. The summed E-state index contributed by atoms with van der Waals surface area (Å²) in [6, 6.07) is 15.6. The van der Waals surface area contributed by atoms with Crippen LogP contribution in [0.25, 0.3) is 0 Å². The summed E-state index contributed by atoms with van der Waals surface area (Å²) in [5.74, 6) is 0.470. The first-order valence-corrected chi connectivity index (χ1v) is 10.7. The van der Waals surface area contributed by atoms with E-state index >= 15 is 0 Å². The van der Waals surface area contributed by atoms with Crippen LogP contribution >= 0.6 is 0 Å². The van der Waals surface area contributed by atoms with Gasteiger partial charge in [-0.15, -0.1) is 0 Å². The number of nitriles is 2. The van der Waals surface area contributed by atoms with Crippen LogP contribution in [0, 0.1) is 22.7 Å². The molecule has 156 valence electrons. The van der Waals surface area contributed by atoms with Crippen molar-refractivity contribution in [2.24, 2.45) is 0 Å². The minimum Gasteiger partial charge on any atom is -0.494 e. The minimum atomic E-state index is -0.279. The number of carbonyl (C=O) groups is 1. The van der Waals surface area contributed by atoms with Gasteiger partial charge in [-0.2, -0.15) is 10.5 Å². The van der Waals surface area contributed by atoms with Gasteiger partial charge in [0.1, 0.15) is 17.9 Å². The van der Waals surface area contributed by atoms with Crippen LogP contribution in [0.1, 0.15) is 79.8 Å². The average molecular weight is 404 g/mol. The molecule has 0 bridgehead atoms. The molecule has 1 N–H and O–H groups in total. The van der Waals surface area contributed by atoms with E-state index in [4.69, 9.17) is 15.3 Å². The quantitative estimate of drug-likeness (QED) is 0.427.